The quantitative estimate of drug-likeness (QED) is 0.548. The summed E-state index contributed by atoms with van der Waals surface area (Å²) in [5.41, 5.74) is 0. The van der Waals surface area contributed by atoms with Crippen molar-refractivity contribution in [3.05, 3.63) is 0 Å². The normalized spacial score (nSPS) is 28.6. The molecule has 1 fully saturated rings. The van der Waals surface area contributed by atoms with Gasteiger partial charge < -0.3 is 19.5 Å². The Bertz CT molecular complexity index is 363. The molecule has 1 aliphatic rings. The Morgan fingerprint density at radius 1 is 1.29 bits per heavy atom. The zero-order valence-electron chi connectivity index (χ0n) is 13.1. The molecule has 2 radical (unpaired) electrons. The van der Waals surface area contributed by atoms with Crippen molar-refractivity contribution >= 4 is 19.7 Å². The minimum atomic E-state index is -0.617. The van der Waals surface area contributed by atoms with E-state index in [0.717, 1.165) is 0 Å². The topological polar surface area (TPSA) is 73.9 Å². The molecule has 1 rings (SSSR count). The number of carbonyl (C=O) groups is 2. The van der Waals surface area contributed by atoms with E-state index in [4.69, 9.17) is 22.1 Å². The van der Waals surface area contributed by atoms with Gasteiger partial charge in [-0.05, 0) is 20.3 Å². The van der Waals surface area contributed by atoms with Gasteiger partial charge in [0.2, 0.25) is 5.91 Å². The molecule has 1 amide bonds. The second-order valence-corrected chi connectivity index (χ2v) is 5.32. The first-order chi connectivity index (χ1) is 9.88. The number of hydrogen-bond acceptors (Lipinski definition) is 5. The molecule has 7 heteroatoms. The van der Waals surface area contributed by atoms with Crippen LogP contribution in [0.15, 0.2) is 0 Å². The summed E-state index contributed by atoms with van der Waals surface area (Å²) in [4.78, 5) is 23.0. The SMILES string of the molecule is [B][C@@H]1O[C@H](CC)[C@H](OC(=O)CCC(=O)NC)C1OC(C)C. The van der Waals surface area contributed by atoms with Gasteiger partial charge in [-0.2, -0.15) is 0 Å². The maximum absolute atomic E-state index is 11.9. The molecule has 0 saturated carbocycles. The van der Waals surface area contributed by atoms with E-state index < -0.39 is 24.2 Å². The van der Waals surface area contributed by atoms with Crippen LogP contribution in [0.25, 0.3) is 0 Å². The molecule has 0 aromatic heterocycles. The number of amides is 1. The number of rotatable bonds is 7. The Balaban J connectivity index is 2.62. The lowest BCUT2D eigenvalue weighted by atomic mass is 9.92. The molecule has 1 unspecified atom stereocenters. The maximum Gasteiger partial charge on any atom is 0.306 e. The number of hydrogen-bond donors (Lipinski definition) is 1. The van der Waals surface area contributed by atoms with Gasteiger partial charge in [-0.3, -0.25) is 9.59 Å². The average Bonchev–Trinajstić information content (AvgIpc) is 2.72. The van der Waals surface area contributed by atoms with Crippen molar-refractivity contribution in [3.8, 4) is 0 Å². The van der Waals surface area contributed by atoms with Crippen LogP contribution in [0.2, 0.25) is 0 Å². The van der Waals surface area contributed by atoms with Crippen molar-refractivity contribution in [3.63, 3.8) is 0 Å². The molecule has 4 atom stereocenters. The van der Waals surface area contributed by atoms with Gasteiger partial charge in [-0.15, -0.1) is 0 Å². The fourth-order valence-corrected chi connectivity index (χ4v) is 2.25. The van der Waals surface area contributed by atoms with E-state index in [1.54, 1.807) is 0 Å². The fourth-order valence-electron chi connectivity index (χ4n) is 2.25. The summed E-state index contributed by atoms with van der Waals surface area (Å²) >= 11 is 0. The Morgan fingerprint density at radius 2 is 1.95 bits per heavy atom. The molecular formula is C14H24BNO5. The Morgan fingerprint density at radius 3 is 2.48 bits per heavy atom. The summed E-state index contributed by atoms with van der Waals surface area (Å²) in [6.45, 7) is 5.70. The van der Waals surface area contributed by atoms with Gasteiger partial charge in [-0.25, -0.2) is 0 Å². The summed E-state index contributed by atoms with van der Waals surface area (Å²) in [6.07, 6.45) is -0.569. The van der Waals surface area contributed by atoms with Gasteiger partial charge >= 0.3 is 5.97 Å². The highest BCUT2D eigenvalue weighted by Gasteiger charge is 2.44. The van der Waals surface area contributed by atoms with Crippen molar-refractivity contribution in [1.82, 2.24) is 5.32 Å². The molecule has 21 heavy (non-hydrogen) atoms. The van der Waals surface area contributed by atoms with Crippen LogP contribution < -0.4 is 5.32 Å². The zero-order chi connectivity index (χ0) is 16.0. The lowest BCUT2D eigenvalue weighted by molar-refractivity contribution is -0.159. The molecule has 118 valence electrons. The zero-order valence-corrected chi connectivity index (χ0v) is 13.1. The van der Waals surface area contributed by atoms with Gasteiger partial charge in [0.1, 0.15) is 14.0 Å². The van der Waals surface area contributed by atoms with Gasteiger partial charge in [0.25, 0.3) is 0 Å². The van der Waals surface area contributed by atoms with Crippen LogP contribution in [0.1, 0.15) is 40.0 Å². The minimum Gasteiger partial charge on any atom is -0.457 e. The van der Waals surface area contributed by atoms with Crippen LogP contribution in [0.3, 0.4) is 0 Å². The molecule has 1 N–H and O–H groups in total. The molecule has 0 bridgehead atoms. The predicted octanol–water partition coefficient (Wildman–Crippen LogP) is 0.521. The first kappa shape index (κ1) is 18.0. The highest BCUT2D eigenvalue weighted by molar-refractivity contribution is 6.11. The second kappa shape index (κ2) is 8.39. The van der Waals surface area contributed by atoms with E-state index in [2.05, 4.69) is 5.32 Å². The van der Waals surface area contributed by atoms with Crippen LogP contribution in [-0.4, -0.2) is 57.2 Å². The molecular weight excluding hydrogens is 273 g/mol. The van der Waals surface area contributed by atoms with Gasteiger partial charge in [0.15, 0.2) is 6.10 Å². The molecule has 0 aromatic rings. The third-order valence-electron chi connectivity index (χ3n) is 3.28. The van der Waals surface area contributed by atoms with Crippen molar-refractivity contribution < 1.29 is 23.8 Å². The fraction of sp³-hybridized carbons (Fsp3) is 0.857. The van der Waals surface area contributed by atoms with E-state index >= 15 is 0 Å². The summed E-state index contributed by atoms with van der Waals surface area (Å²) < 4.78 is 16.7. The third kappa shape index (κ3) is 5.32. The van der Waals surface area contributed by atoms with Crippen LogP contribution >= 0.6 is 0 Å². The maximum atomic E-state index is 11.9. The highest BCUT2D eigenvalue weighted by atomic mass is 16.6. The van der Waals surface area contributed by atoms with E-state index in [-0.39, 0.29) is 31.0 Å². The Labute approximate surface area is 127 Å². The molecule has 0 aliphatic carbocycles. The molecule has 1 saturated heterocycles. The predicted molar refractivity (Wildman–Crippen MR) is 77.9 cm³/mol. The van der Waals surface area contributed by atoms with Gasteiger partial charge in [0.05, 0.1) is 18.6 Å². The highest BCUT2D eigenvalue weighted by Crippen LogP contribution is 2.28. The third-order valence-corrected chi connectivity index (χ3v) is 3.28. The van der Waals surface area contributed by atoms with E-state index in [0.29, 0.717) is 6.42 Å². The second-order valence-electron chi connectivity index (χ2n) is 5.32. The van der Waals surface area contributed by atoms with Crippen molar-refractivity contribution in [1.29, 1.82) is 0 Å². The molecule has 1 heterocycles. The molecule has 6 nitrogen and oxygen atoms in total. The smallest absolute Gasteiger partial charge is 0.306 e. The van der Waals surface area contributed by atoms with Crippen molar-refractivity contribution in [2.75, 3.05) is 7.05 Å². The molecule has 0 spiro atoms. The Hall–Kier alpha value is -1.08. The molecule has 1 aliphatic heterocycles. The molecule has 0 aromatic carbocycles. The standard InChI is InChI=1S/C14H24BNO5/c1-5-9-12(13(14(15)20-9)19-8(2)3)21-11(18)7-6-10(17)16-4/h8-9,12-14H,5-7H2,1-4H3,(H,16,17)/t9-,12+,13?,14-/m1/s1. The average molecular weight is 297 g/mol. The van der Waals surface area contributed by atoms with E-state index in [1.807, 2.05) is 20.8 Å². The van der Waals surface area contributed by atoms with Gasteiger partial charge in [-0.1, -0.05) is 6.92 Å². The minimum absolute atomic E-state index is 0.0241. The first-order valence-corrected chi connectivity index (χ1v) is 7.35. The summed E-state index contributed by atoms with van der Waals surface area (Å²) in [6, 6.07) is -0.617. The monoisotopic (exact) mass is 297 g/mol. The van der Waals surface area contributed by atoms with Crippen LogP contribution in [-0.2, 0) is 23.8 Å². The number of carbonyl (C=O) groups excluding carboxylic acids is 2. The Kier molecular flexibility index (Phi) is 7.18. The van der Waals surface area contributed by atoms with E-state index in [9.17, 15) is 9.59 Å². The van der Waals surface area contributed by atoms with Crippen molar-refractivity contribution in [2.24, 2.45) is 0 Å². The van der Waals surface area contributed by atoms with Crippen LogP contribution in [0, 0.1) is 0 Å². The number of ether oxygens (including phenoxy) is 3. The van der Waals surface area contributed by atoms with Gasteiger partial charge in [0, 0.05) is 19.5 Å². The lowest BCUT2D eigenvalue weighted by Crippen LogP contribution is -2.40. The van der Waals surface area contributed by atoms with Crippen molar-refractivity contribution in [2.45, 2.75) is 70.5 Å². The summed E-state index contributed by atoms with van der Waals surface area (Å²) in [5, 5.41) is 2.46. The summed E-state index contributed by atoms with van der Waals surface area (Å²) in [7, 11) is 7.43. The van der Waals surface area contributed by atoms with Crippen LogP contribution in [0.4, 0.5) is 0 Å². The number of nitrogens with one attached hydrogen (secondary N) is 1. The van der Waals surface area contributed by atoms with Crippen LogP contribution in [0.5, 0.6) is 0 Å². The van der Waals surface area contributed by atoms with E-state index in [1.165, 1.54) is 7.05 Å². The lowest BCUT2D eigenvalue weighted by Gasteiger charge is -2.25. The first-order valence-electron chi connectivity index (χ1n) is 7.35. The number of esters is 1. The largest absolute Gasteiger partial charge is 0.457 e. The summed E-state index contributed by atoms with van der Waals surface area (Å²) in [5.74, 6) is -0.648.